The van der Waals surface area contributed by atoms with Crippen LogP contribution in [0.4, 0.5) is 0 Å². The molecule has 0 radical (unpaired) electrons. The Balaban J connectivity index is 1.48. The van der Waals surface area contributed by atoms with Crippen LogP contribution in [0.1, 0.15) is 56.8 Å². The van der Waals surface area contributed by atoms with Crippen LogP contribution in [0.5, 0.6) is 11.5 Å². The summed E-state index contributed by atoms with van der Waals surface area (Å²) in [6, 6.07) is 2.56. The van der Waals surface area contributed by atoms with Crippen molar-refractivity contribution in [3.63, 3.8) is 0 Å². The summed E-state index contributed by atoms with van der Waals surface area (Å²) in [5.41, 5.74) is 0.193. The van der Waals surface area contributed by atoms with E-state index in [0.29, 0.717) is 61.3 Å². The van der Waals surface area contributed by atoms with Crippen LogP contribution in [0.25, 0.3) is 10.9 Å². The van der Waals surface area contributed by atoms with Gasteiger partial charge in [-0.25, -0.2) is 0 Å². The number of benzene rings is 1. The first kappa shape index (κ1) is 25.5. The highest BCUT2D eigenvalue weighted by molar-refractivity contribution is 6.00. The van der Waals surface area contributed by atoms with E-state index in [4.69, 9.17) is 9.47 Å². The summed E-state index contributed by atoms with van der Waals surface area (Å²) in [5, 5.41) is 6.01. The minimum absolute atomic E-state index is 0.0303. The van der Waals surface area contributed by atoms with Crippen molar-refractivity contribution in [1.29, 1.82) is 0 Å². The van der Waals surface area contributed by atoms with E-state index in [1.807, 2.05) is 30.2 Å². The SMILES string of the molecule is CCn1cc(C(=O)N[C@H](CC(C)C)C(=O)NCCCN2CCCC2=O)c(=O)c2cc3c(cc21)OCO3. The minimum Gasteiger partial charge on any atom is -0.454 e. The average Bonchev–Trinajstić information content (AvgIpc) is 3.48. The van der Waals surface area contributed by atoms with Crippen molar-refractivity contribution in [2.24, 2.45) is 5.92 Å². The summed E-state index contributed by atoms with van der Waals surface area (Å²) >= 11 is 0. The Labute approximate surface area is 209 Å². The van der Waals surface area contributed by atoms with E-state index in [0.717, 1.165) is 13.0 Å². The maximum atomic E-state index is 13.3. The van der Waals surface area contributed by atoms with E-state index in [1.165, 1.54) is 6.20 Å². The van der Waals surface area contributed by atoms with E-state index in [1.54, 1.807) is 12.1 Å². The van der Waals surface area contributed by atoms with Crippen LogP contribution in [0.2, 0.25) is 0 Å². The van der Waals surface area contributed by atoms with Gasteiger partial charge in [0.1, 0.15) is 11.6 Å². The Hall–Kier alpha value is -3.56. The molecule has 1 atom stereocenters. The van der Waals surface area contributed by atoms with Gasteiger partial charge in [-0.1, -0.05) is 13.8 Å². The number of rotatable bonds is 10. The number of amides is 3. The fraction of sp³-hybridized carbons (Fsp3) is 0.538. The third-order valence-corrected chi connectivity index (χ3v) is 6.56. The lowest BCUT2D eigenvalue weighted by molar-refractivity contribution is -0.127. The smallest absolute Gasteiger partial charge is 0.257 e. The number of likely N-dealkylation sites (tertiary alicyclic amines) is 1. The number of hydrogen-bond acceptors (Lipinski definition) is 6. The number of aromatic nitrogens is 1. The van der Waals surface area contributed by atoms with Crippen LogP contribution in [0.15, 0.2) is 23.1 Å². The molecule has 0 saturated carbocycles. The maximum absolute atomic E-state index is 13.3. The predicted molar refractivity (Wildman–Crippen MR) is 134 cm³/mol. The Bertz CT molecular complexity index is 1220. The quantitative estimate of drug-likeness (QED) is 0.484. The highest BCUT2D eigenvalue weighted by Gasteiger charge is 2.26. The number of aryl methyl sites for hydroxylation is 1. The van der Waals surface area contributed by atoms with Crippen molar-refractivity contribution in [2.45, 2.75) is 59.0 Å². The molecule has 2 aliphatic rings. The molecule has 10 nitrogen and oxygen atoms in total. The van der Waals surface area contributed by atoms with Gasteiger partial charge in [0.05, 0.1) is 10.9 Å². The number of carbonyl (C=O) groups is 3. The molecule has 1 saturated heterocycles. The van der Waals surface area contributed by atoms with Gasteiger partial charge in [0.25, 0.3) is 5.91 Å². The first-order valence-corrected chi connectivity index (χ1v) is 12.6. The standard InChI is InChI=1S/C26H34N4O6/c1-4-29-14-18(24(32)17-12-21-22(13-20(17)29)36-15-35-21)25(33)28-19(11-16(2)3)26(34)27-8-6-10-30-9-5-7-23(30)31/h12-14,16,19H,4-11,15H2,1-3H3,(H,27,34)(H,28,33)/t19-/m1/s1. The molecule has 2 N–H and O–H groups in total. The van der Waals surface area contributed by atoms with E-state index in [-0.39, 0.29) is 30.1 Å². The average molecular weight is 499 g/mol. The van der Waals surface area contributed by atoms with E-state index < -0.39 is 17.4 Å². The normalized spacial score (nSPS) is 15.6. The zero-order chi connectivity index (χ0) is 25.8. The fourth-order valence-corrected chi connectivity index (χ4v) is 4.69. The minimum atomic E-state index is -0.784. The van der Waals surface area contributed by atoms with Crippen molar-refractivity contribution in [3.8, 4) is 11.5 Å². The highest BCUT2D eigenvalue weighted by Crippen LogP contribution is 2.35. The molecular weight excluding hydrogens is 464 g/mol. The molecular formula is C26H34N4O6. The van der Waals surface area contributed by atoms with E-state index >= 15 is 0 Å². The molecule has 0 bridgehead atoms. The molecule has 0 unspecified atom stereocenters. The van der Waals surface area contributed by atoms with Crippen molar-refractivity contribution in [1.82, 2.24) is 20.1 Å². The molecule has 0 aliphatic carbocycles. The van der Waals surface area contributed by atoms with Crippen LogP contribution in [0, 0.1) is 5.92 Å². The number of nitrogens with one attached hydrogen (secondary N) is 2. The molecule has 4 rings (SSSR count). The molecule has 3 amide bonds. The van der Waals surface area contributed by atoms with Gasteiger partial charge in [0, 0.05) is 44.9 Å². The Morgan fingerprint density at radius 1 is 1.14 bits per heavy atom. The fourth-order valence-electron chi connectivity index (χ4n) is 4.69. The van der Waals surface area contributed by atoms with Gasteiger partial charge in [0.15, 0.2) is 11.5 Å². The molecule has 36 heavy (non-hydrogen) atoms. The number of hydrogen-bond donors (Lipinski definition) is 2. The Kier molecular flexibility index (Phi) is 7.81. The monoisotopic (exact) mass is 498 g/mol. The number of fused-ring (bicyclic) bond motifs is 2. The topological polar surface area (TPSA) is 119 Å². The third kappa shape index (κ3) is 5.47. The van der Waals surface area contributed by atoms with Gasteiger partial charge in [-0.2, -0.15) is 0 Å². The van der Waals surface area contributed by atoms with Gasteiger partial charge in [-0.05, 0) is 38.2 Å². The lowest BCUT2D eigenvalue weighted by Gasteiger charge is -2.21. The molecule has 2 aromatic rings. The van der Waals surface area contributed by atoms with Crippen LogP contribution in [0.3, 0.4) is 0 Å². The molecule has 1 fully saturated rings. The maximum Gasteiger partial charge on any atom is 0.257 e. The first-order valence-electron chi connectivity index (χ1n) is 12.6. The van der Waals surface area contributed by atoms with Crippen LogP contribution in [-0.4, -0.2) is 59.7 Å². The van der Waals surface area contributed by atoms with Gasteiger partial charge in [-0.3, -0.25) is 19.2 Å². The zero-order valence-corrected chi connectivity index (χ0v) is 21.1. The van der Waals surface area contributed by atoms with Gasteiger partial charge < -0.3 is 29.6 Å². The molecule has 1 aromatic carbocycles. The molecule has 2 aliphatic heterocycles. The summed E-state index contributed by atoms with van der Waals surface area (Å²) in [4.78, 5) is 53.0. The van der Waals surface area contributed by atoms with Crippen molar-refractivity contribution in [2.75, 3.05) is 26.4 Å². The van der Waals surface area contributed by atoms with Crippen LogP contribution in [-0.2, 0) is 16.1 Å². The third-order valence-electron chi connectivity index (χ3n) is 6.56. The van der Waals surface area contributed by atoms with Crippen molar-refractivity contribution < 1.29 is 23.9 Å². The van der Waals surface area contributed by atoms with Gasteiger partial charge >= 0.3 is 0 Å². The Morgan fingerprint density at radius 2 is 1.89 bits per heavy atom. The summed E-state index contributed by atoms with van der Waals surface area (Å²) in [5.74, 6) is 0.432. The van der Waals surface area contributed by atoms with Gasteiger partial charge in [-0.15, -0.1) is 0 Å². The molecule has 10 heteroatoms. The van der Waals surface area contributed by atoms with Crippen LogP contribution >= 0.6 is 0 Å². The van der Waals surface area contributed by atoms with Gasteiger partial charge in [0.2, 0.25) is 24.0 Å². The van der Waals surface area contributed by atoms with Crippen molar-refractivity contribution in [3.05, 3.63) is 34.1 Å². The summed E-state index contributed by atoms with van der Waals surface area (Å²) in [6.07, 6.45) is 4.07. The van der Waals surface area contributed by atoms with Crippen molar-refractivity contribution >= 4 is 28.6 Å². The lowest BCUT2D eigenvalue weighted by Crippen LogP contribution is -2.48. The number of pyridine rings is 1. The van der Waals surface area contributed by atoms with E-state index in [9.17, 15) is 19.2 Å². The summed E-state index contributed by atoms with van der Waals surface area (Å²) < 4.78 is 12.7. The molecule has 194 valence electrons. The predicted octanol–water partition coefficient (Wildman–Crippen LogP) is 2.02. The molecule has 3 heterocycles. The summed E-state index contributed by atoms with van der Waals surface area (Å²) in [7, 11) is 0. The second kappa shape index (κ2) is 11.0. The molecule has 0 spiro atoms. The second-order valence-electron chi connectivity index (χ2n) is 9.67. The lowest BCUT2D eigenvalue weighted by atomic mass is 10.0. The largest absolute Gasteiger partial charge is 0.454 e. The summed E-state index contributed by atoms with van der Waals surface area (Å²) in [6.45, 7) is 8.24. The first-order chi connectivity index (χ1) is 17.3. The number of carbonyl (C=O) groups excluding carboxylic acids is 3. The number of ether oxygens (including phenoxy) is 2. The Morgan fingerprint density at radius 3 is 2.56 bits per heavy atom. The molecule has 1 aromatic heterocycles. The van der Waals surface area contributed by atoms with Crippen LogP contribution < -0.4 is 25.5 Å². The zero-order valence-electron chi connectivity index (χ0n) is 21.1. The van der Waals surface area contributed by atoms with E-state index in [2.05, 4.69) is 10.6 Å². The number of nitrogens with zero attached hydrogens (tertiary/aromatic N) is 2. The highest BCUT2D eigenvalue weighted by atomic mass is 16.7. The second-order valence-corrected chi connectivity index (χ2v) is 9.67.